The van der Waals surface area contributed by atoms with Crippen LogP contribution in [0.5, 0.6) is 0 Å². The number of rotatable bonds is 0. The Bertz CT molecular complexity index is 67.1. The fraction of sp³-hybridized carbons (Fsp3) is 0. The van der Waals surface area contributed by atoms with E-state index in [9.17, 15) is 24.6 Å². The number of hydrogen-bond donors (Lipinski definition) is 0. The molecule has 0 aromatic heterocycles. The standard InChI is InChI=1S/Ca.F6Si/c;1-7(2,3,4,5)6/q+2;-2. The normalized spacial score (nSPS) is 20.2. The van der Waals surface area contributed by atoms with Gasteiger partial charge in [-0.1, -0.05) is 0 Å². The van der Waals surface area contributed by atoms with E-state index in [4.69, 9.17) is 0 Å². The summed E-state index contributed by atoms with van der Waals surface area (Å²) in [5, 5.41) is 0. The van der Waals surface area contributed by atoms with E-state index in [1.54, 1.807) is 0 Å². The summed E-state index contributed by atoms with van der Waals surface area (Å²) < 4.78 is 59.3. The summed E-state index contributed by atoms with van der Waals surface area (Å²) in [6.07, 6.45) is 0. The summed E-state index contributed by atoms with van der Waals surface area (Å²) in [6.45, 7) is 0. The van der Waals surface area contributed by atoms with Crippen LogP contribution in [0.15, 0.2) is 0 Å². The van der Waals surface area contributed by atoms with Crippen LogP contribution in [0.2, 0.25) is 0 Å². The molecule has 0 bridgehead atoms. The third-order valence-electron chi connectivity index (χ3n) is 0. The molecule has 0 heterocycles. The average Bonchev–Trinajstić information content (AvgIpc) is 0.592. The van der Waals surface area contributed by atoms with E-state index < -0.39 is 8.63 Å². The minimum Gasteiger partial charge on any atom is 2.00 e. The van der Waals surface area contributed by atoms with Crippen molar-refractivity contribution >= 4 is 46.4 Å². The van der Waals surface area contributed by atoms with Crippen LogP contribution >= 0.6 is 0 Å². The van der Waals surface area contributed by atoms with Crippen LogP contribution in [0.25, 0.3) is 0 Å². The van der Waals surface area contributed by atoms with E-state index in [2.05, 4.69) is 0 Å². The molecule has 48 valence electrons. The largest absolute Gasteiger partial charge is 2.00 e. The minimum absolute atomic E-state index is 0. The van der Waals surface area contributed by atoms with Gasteiger partial charge in [-0.2, -0.15) is 0 Å². The SMILES string of the molecule is F[Si-2](F)(F)(F)(F)F.[Ca+2]. The zero-order chi connectivity index (χ0) is 6.41. The van der Waals surface area contributed by atoms with Gasteiger partial charge in [0, 0.05) is 0 Å². The molecule has 8 heteroatoms. The molecule has 0 aliphatic carbocycles. The Balaban J connectivity index is 0. The summed E-state index contributed by atoms with van der Waals surface area (Å²) >= 11 is 0. The van der Waals surface area contributed by atoms with Gasteiger partial charge in [-0.25, -0.2) is 0 Å². The molecule has 0 rings (SSSR count). The summed E-state index contributed by atoms with van der Waals surface area (Å²) in [4.78, 5) is 0. The van der Waals surface area contributed by atoms with E-state index >= 15 is 0 Å². The second kappa shape index (κ2) is 1.56. The average molecular weight is 182 g/mol. The molecule has 0 nitrogen and oxygen atoms in total. The minimum atomic E-state index is -10.8. The summed E-state index contributed by atoms with van der Waals surface area (Å²) in [5.41, 5.74) is 0. The first kappa shape index (κ1) is 11.8. The Morgan fingerprint density at radius 3 is 0.625 bits per heavy atom. The number of hydrogen-bond acceptors (Lipinski definition) is 0. The quantitative estimate of drug-likeness (QED) is 0.304. The van der Waals surface area contributed by atoms with Gasteiger partial charge in [-0.3, -0.25) is 0 Å². The third-order valence-corrected chi connectivity index (χ3v) is 0. The molecule has 0 saturated heterocycles. The monoisotopic (exact) mass is 182 g/mol. The van der Waals surface area contributed by atoms with Gasteiger partial charge in [0.25, 0.3) is 0 Å². The third kappa shape index (κ3) is 232. The number of halogens is 6. The van der Waals surface area contributed by atoms with Crippen LogP contribution in [0.3, 0.4) is 0 Å². The molecule has 0 spiro atoms. The van der Waals surface area contributed by atoms with Crippen LogP contribution in [0, 0.1) is 0 Å². The maximum Gasteiger partial charge on any atom is 2.00 e. The molecule has 8 heavy (non-hydrogen) atoms. The van der Waals surface area contributed by atoms with Gasteiger partial charge in [0.15, 0.2) is 0 Å². The first-order chi connectivity index (χ1) is 2.45. The molecule has 0 amide bonds. The van der Waals surface area contributed by atoms with E-state index in [1.165, 1.54) is 0 Å². The molecular weight excluding hydrogens is 182 g/mol. The molecule has 0 unspecified atom stereocenters. The van der Waals surface area contributed by atoms with Gasteiger partial charge in [0.1, 0.15) is 0 Å². The van der Waals surface area contributed by atoms with Gasteiger partial charge in [0.05, 0.1) is 0 Å². The summed E-state index contributed by atoms with van der Waals surface area (Å²) in [7, 11) is -10.8. The molecule has 0 aliphatic heterocycles. The topological polar surface area (TPSA) is 0 Å². The fourth-order valence-corrected chi connectivity index (χ4v) is 0. The zero-order valence-corrected chi connectivity index (χ0v) is 6.68. The van der Waals surface area contributed by atoms with Crippen molar-refractivity contribution in [1.29, 1.82) is 0 Å². The van der Waals surface area contributed by atoms with Crippen LogP contribution in [0.1, 0.15) is 0 Å². The Labute approximate surface area is 70.7 Å². The van der Waals surface area contributed by atoms with Crippen molar-refractivity contribution in [2.24, 2.45) is 0 Å². The van der Waals surface area contributed by atoms with Crippen molar-refractivity contribution in [3.05, 3.63) is 0 Å². The predicted molar refractivity (Wildman–Crippen MR) is 18.2 cm³/mol. The van der Waals surface area contributed by atoms with Gasteiger partial charge < -0.3 is 0 Å². The van der Waals surface area contributed by atoms with E-state index in [0.717, 1.165) is 0 Å². The zero-order valence-electron chi connectivity index (χ0n) is 3.47. The summed E-state index contributed by atoms with van der Waals surface area (Å²) in [6, 6.07) is 0. The van der Waals surface area contributed by atoms with Crippen molar-refractivity contribution in [3.63, 3.8) is 0 Å². The molecule has 0 aromatic rings. The fourth-order valence-electron chi connectivity index (χ4n) is 0. The molecule has 0 atom stereocenters. The first-order valence-corrected chi connectivity index (χ1v) is 3.40. The smallest absolute Gasteiger partial charge is 2.00 e. The molecule has 0 N–H and O–H groups in total. The van der Waals surface area contributed by atoms with Gasteiger partial charge >= 0.3 is 71.0 Å². The van der Waals surface area contributed by atoms with Gasteiger partial charge in [-0.05, 0) is 0 Å². The van der Waals surface area contributed by atoms with Crippen LogP contribution < -0.4 is 0 Å². The molecular formula is CaF6Si. The van der Waals surface area contributed by atoms with Crippen molar-refractivity contribution in [3.8, 4) is 0 Å². The second-order valence-corrected chi connectivity index (χ2v) is 3.21. The van der Waals surface area contributed by atoms with E-state index in [1.807, 2.05) is 0 Å². The molecule has 0 aliphatic rings. The van der Waals surface area contributed by atoms with E-state index in [0.29, 0.717) is 0 Å². The van der Waals surface area contributed by atoms with Gasteiger partial charge in [-0.15, -0.1) is 0 Å². The molecule has 0 saturated carbocycles. The Hall–Kier alpha value is 1.06. The first-order valence-electron chi connectivity index (χ1n) is 1.13. The van der Waals surface area contributed by atoms with Crippen molar-refractivity contribution < 1.29 is 24.6 Å². The van der Waals surface area contributed by atoms with Gasteiger partial charge in [0.2, 0.25) is 0 Å². The van der Waals surface area contributed by atoms with E-state index in [-0.39, 0.29) is 37.7 Å². The van der Waals surface area contributed by atoms with Crippen LogP contribution in [-0.4, -0.2) is 46.4 Å². The van der Waals surface area contributed by atoms with Crippen molar-refractivity contribution in [1.82, 2.24) is 0 Å². The summed E-state index contributed by atoms with van der Waals surface area (Å²) in [5.74, 6) is 0. The molecule has 0 radical (unpaired) electrons. The molecule has 0 aromatic carbocycles. The molecule has 0 fully saturated rings. The van der Waals surface area contributed by atoms with Crippen LogP contribution in [0.4, 0.5) is 24.6 Å². The Morgan fingerprint density at radius 1 is 0.625 bits per heavy atom. The predicted octanol–water partition coefficient (Wildman–Crippen LogP) is 1.76. The second-order valence-electron chi connectivity index (χ2n) is 1.07. The van der Waals surface area contributed by atoms with Crippen molar-refractivity contribution in [2.45, 2.75) is 0 Å². The van der Waals surface area contributed by atoms with Crippen LogP contribution in [-0.2, 0) is 0 Å². The Morgan fingerprint density at radius 2 is 0.625 bits per heavy atom. The maximum atomic E-state index is 9.88. The maximum absolute atomic E-state index is 10.8. The Kier molecular flexibility index (Phi) is 2.30. The van der Waals surface area contributed by atoms with Crippen molar-refractivity contribution in [2.75, 3.05) is 0 Å².